The number of hydrogen-bond donors (Lipinski definition) is 1. The number of hydrogen-bond acceptors (Lipinski definition) is 4. The molecule has 1 saturated heterocycles. The second-order valence-corrected chi connectivity index (χ2v) is 9.49. The lowest BCUT2D eigenvalue weighted by atomic mass is 9.64. The Bertz CT molecular complexity index is 1440. The van der Waals surface area contributed by atoms with Gasteiger partial charge in [-0.15, -0.1) is 0 Å². The number of carbonyl (C=O) groups is 3. The van der Waals surface area contributed by atoms with E-state index < -0.39 is 29.2 Å². The Balaban J connectivity index is 1.68. The van der Waals surface area contributed by atoms with Crippen molar-refractivity contribution in [1.29, 1.82) is 0 Å². The molecule has 35 heavy (non-hydrogen) atoms. The van der Waals surface area contributed by atoms with Gasteiger partial charge in [-0.2, -0.15) is 0 Å². The molecule has 3 heterocycles. The van der Waals surface area contributed by atoms with Crippen LogP contribution in [0.5, 0.6) is 0 Å². The van der Waals surface area contributed by atoms with Crippen molar-refractivity contribution in [2.45, 2.75) is 31.3 Å². The number of anilines is 2. The minimum Gasteiger partial charge on any atom is -0.352 e. The van der Waals surface area contributed by atoms with Crippen LogP contribution in [0.25, 0.3) is 5.57 Å². The van der Waals surface area contributed by atoms with E-state index in [9.17, 15) is 18.8 Å². The van der Waals surface area contributed by atoms with E-state index in [0.717, 1.165) is 16.8 Å². The Morgan fingerprint density at radius 2 is 1.66 bits per heavy atom. The minimum atomic E-state index is -1.33. The smallest absolute Gasteiger partial charge is 0.238 e. The molecule has 1 N–H and O–H groups in total. The van der Waals surface area contributed by atoms with Crippen molar-refractivity contribution in [2.75, 3.05) is 10.2 Å². The number of ketones is 2. The number of amides is 1. The van der Waals surface area contributed by atoms with Crippen LogP contribution in [-0.2, 0) is 15.0 Å². The third-order valence-electron chi connectivity index (χ3n) is 7.71. The fraction of sp³-hybridized carbons (Fsp3) is 0.207. The Morgan fingerprint density at radius 1 is 0.971 bits per heavy atom. The molecule has 6 rings (SSSR count). The molecule has 3 aromatic rings. The van der Waals surface area contributed by atoms with Crippen LogP contribution in [0.2, 0.25) is 0 Å². The molecule has 3 aliphatic rings. The van der Waals surface area contributed by atoms with Gasteiger partial charge in [-0.05, 0) is 61.4 Å². The number of carbonyl (C=O) groups excluding carboxylic acids is 3. The molecule has 5 nitrogen and oxygen atoms in total. The van der Waals surface area contributed by atoms with Gasteiger partial charge in [0.25, 0.3) is 0 Å². The van der Waals surface area contributed by atoms with E-state index in [2.05, 4.69) is 5.32 Å². The molecule has 0 radical (unpaired) electrons. The largest absolute Gasteiger partial charge is 0.352 e. The first kappa shape index (κ1) is 21.5. The fourth-order valence-electron chi connectivity index (χ4n) is 6.33. The zero-order valence-corrected chi connectivity index (χ0v) is 19.3. The maximum atomic E-state index is 14.2. The van der Waals surface area contributed by atoms with Crippen LogP contribution in [0.15, 0.2) is 78.9 Å². The average Bonchev–Trinajstić information content (AvgIpc) is 3.32. The first-order chi connectivity index (χ1) is 16.9. The van der Waals surface area contributed by atoms with Crippen LogP contribution >= 0.6 is 0 Å². The van der Waals surface area contributed by atoms with Gasteiger partial charge in [-0.25, -0.2) is 4.39 Å². The predicted molar refractivity (Wildman–Crippen MR) is 132 cm³/mol. The zero-order valence-electron chi connectivity index (χ0n) is 19.3. The van der Waals surface area contributed by atoms with Crippen molar-refractivity contribution < 1.29 is 18.8 Å². The van der Waals surface area contributed by atoms with E-state index in [1.165, 1.54) is 31.2 Å². The summed E-state index contributed by atoms with van der Waals surface area (Å²) in [5.41, 5.74) is 3.06. The maximum absolute atomic E-state index is 14.2. The molecule has 3 aliphatic heterocycles. The molecule has 6 heteroatoms. The number of benzene rings is 3. The number of rotatable bonds is 3. The molecule has 0 aromatic heterocycles. The van der Waals surface area contributed by atoms with Crippen molar-refractivity contribution in [1.82, 2.24) is 0 Å². The molecule has 0 saturated carbocycles. The zero-order chi connectivity index (χ0) is 24.5. The number of nitrogens with one attached hydrogen (secondary N) is 1. The van der Waals surface area contributed by atoms with Crippen molar-refractivity contribution in [2.24, 2.45) is 5.92 Å². The van der Waals surface area contributed by atoms with E-state index in [4.69, 9.17) is 0 Å². The minimum absolute atomic E-state index is 0.202. The molecule has 0 unspecified atom stereocenters. The fourth-order valence-corrected chi connectivity index (χ4v) is 6.33. The summed E-state index contributed by atoms with van der Waals surface area (Å²) in [4.78, 5) is 43.5. The predicted octanol–water partition coefficient (Wildman–Crippen LogP) is 4.78. The summed E-state index contributed by atoms with van der Waals surface area (Å²) >= 11 is 0. The molecular weight excluding hydrogens is 443 g/mol. The Labute approximate surface area is 202 Å². The molecule has 4 atom stereocenters. The summed E-state index contributed by atoms with van der Waals surface area (Å²) in [6, 6.07) is 19.0. The van der Waals surface area contributed by atoms with Gasteiger partial charge in [0.2, 0.25) is 5.91 Å². The molecule has 1 fully saturated rings. The highest BCUT2D eigenvalue weighted by atomic mass is 19.1. The third kappa shape index (κ3) is 2.77. The van der Waals surface area contributed by atoms with Gasteiger partial charge in [-0.3, -0.25) is 14.4 Å². The van der Waals surface area contributed by atoms with Gasteiger partial charge in [-0.1, -0.05) is 42.5 Å². The summed E-state index contributed by atoms with van der Waals surface area (Å²) in [6.07, 6.45) is 2.01. The van der Waals surface area contributed by atoms with Crippen LogP contribution in [0.4, 0.5) is 15.8 Å². The Kier molecular flexibility index (Phi) is 4.58. The van der Waals surface area contributed by atoms with Crippen LogP contribution in [0.3, 0.4) is 0 Å². The Morgan fingerprint density at radius 3 is 2.40 bits per heavy atom. The van der Waals surface area contributed by atoms with Crippen LogP contribution in [0, 0.1) is 11.7 Å². The van der Waals surface area contributed by atoms with Gasteiger partial charge >= 0.3 is 0 Å². The number of Topliss-reactive ketones (excluding diaryl/α,β-unsaturated/α-hetero) is 2. The first-order valence-electron chi connectivity index (χ1n) is 11.6. The van der Waals surface area contributed by atoms with Crippen LogP contribution in [0.1, 0.15) is 35.3 Å². The van der Waals surface area contributed by atoms with Crippen LogP contribution in [-0.4, -0.2) is 29.6 Å². The highest BCUT2D eigenvalue weighted by Crippen LogP contribution is 2.58. The summed E-state index contributed by atoms with van der Waals surface area (Å²) in [7, 11) is 0. The highest BCUT2D eigenvalue weighted by molar-refractivity contribution is 6.16. The standard InChI is InChI=1S/C29H23FN2O3/c1-16-15-24-29(21-8-4-5-9-22(21)31-28(29)35)25(27(34)18-11-13-19(30)14-12-18)26(17(2)33)32(24)23-10-6-3-7-20(16)23/h3-15,24-26H,1-2H3,(H,31,35)/t24-,25-,26-,29-/m1/s1. The van der Waals surface area contributed by atoms with Gasteiger partial charge in [0.1, 0.15) is 11.2 Å². The molecule has 1 amide bonds. The second kappa shape index (κ2) is 7.47. The second-order valence-electron chi connectivity index (χ2n) is 9.49. The average molecular weight is 467 g/mol. The maximum Gasteiger partial charge on any atom is 0.238 e. The molecule has 0 bridgehead atoms. The van der Waals surface area contributed by atoms with Crippen molar-refractivity contribution in [3.63, 3.8) is 0 Å². The van der Waals surface area contributed by atoms with Gasteiger partial charge in [0.15, 0.2) is 11.6 Å². The summed E-state index contributed by atoms with van der Waals surface area (Å²) in [5, 5.41) is 2.99. The lowest BCUT2D eigenvalue weighted by Crippen LogP contribution is -2.51. The monoisotopic (exact) mass is 466 g/mol. The van der Waals surface area contributed by atoms with E-state index >= 15 is 0 Å². The summed E-state index contributed by atoms with van der Waals surface area (Å²) in [6.45, 7) is 3.46. The normalized spacial score (nSPS) is 26.0. The quantitative estimate of drug-likeness (QED) is 0.565. The summed E-state index contributed by atoms with van der Waals surface area (Å²) in [5.74, 6) is -2.32. The summed E-state index contributed by atoms with van der Waals surface area (Å²) < 4.78 is 13.7. The van der Waals surface area contributed by atoms with Gasteiger partial charge in [0, 0.05) is 22.5 Å². The number of fused-ring (bicyclic) bond motifs is 6. The molecular formula is C29H23FN2O3. The Hall–Kier alpha value is -4.06. The lowest BCUT2D eigenvalue weighted by molar-refractivity contribution is -0.122. The highest BCUT2D eigenvalue weighted by Gasteiger charge is 2.70. The van der Waals surface area contributed by atoms with Crippen molar-refractivity contribution in [3.05, 3.63) is 101 Å². The van der Waals surface area contributed by atoms with Gasteiger partial charge < -0.3 is 10.2 Å². The van der Waals surface area contributed by atoms with E-state index in [1.807, 2.05) is 66.4 Å². The van der Waals surface area contributed by atoms with E-state index in [0.29, 0.717) is 11.3 Å². The van der Waals surface area contributed by atoms with Crippen molar-refractivity contribution >= 4 is 34.4 Å². The van der Waals surface area contributed by atoms with E-state index in [-0.39, 0.29) is 23.0 Å². The molecule has 174 valence electrons. The SMILES string of the molecule is CC(=O)[C@@H]1[C@H](C(=O)c2ccc(F)cc2)[C@]2(C(=O)Nc3ccccc32)[C@H]2C=C(C)c3ccccc3N12. The number of halogens is 1. The molecule has 3 aromatic carbocycles. The van der Waals surface area contributed by atoms with Crippen molar-refractivity contribution in [3.8, 4) is 0 Å². The molecule has 1 spiro atoms. The number of para-hydroxylation sites is 2. The lowest BCUT2D eigenvalue weighted by Gasteiger charge is -2.39. The third-order valence-corrected chi connectivity index (χ3v) is 7.71. The molecule has 0 aliphatic carbocycles. The topological polar surface area (TPSA) is 66.5 Å². The number of allylic oxidation sites excluding steroid dienone is 1. The number of nitrogens with zero attached hydrogens (tertiary/aromatic N) is 1. The first-order valence-corrected chi connectivity index (χ1v) is 11.6. The van der Waals surface area contributed by atoms with E-state index in [1.54, 1.807) is 0 Å². The van der Waals surface area contributed by atoms with Crippen LogP contribution < -0.4 is 10.2 Å². The van der Waals surface area contributed by atoms with Gasteiger partial charge in [0.05, 0.1) is 18.0 Å².